The highest BCUT2D eigenvalue weighted by atomic mass is 32.2. The van der Waals surface area contributed by atoms with Gasteiger partial charge in [0.05, 0.1) is 5.69 Å². The molecule has 1 rings (SSSR count). The van der Waals surface area contributed by atoms with Crippen LogP contribution in [0.4, 0.5) is 0 Å². The van der Waals surface area contributed by atoms with Crippen LogP contribution in [0.25, 0.3) is 0 Å². The van der Waals surface area contributed by atoms with Crippen LogP contribution in [0.15, 0.2) is 0 Å². The Morgan fingerprint density at radius 3 is 2.62 bits per heavy atom. The number of nitrogens with one attached hydrogen (secondary N) is 1. The molecule has 3 nitrogen and oxygen atoms in total. The third kappa shape index (κ3) is 3.83. The molecule has 16 heavy (non-hydrogen) atoms. The van der Waals surface area contributed by atoms with E-state index in [-0.39, 0.29) is 0 Å². The van der Waals surface area contributed by atoms with E-state index >= 15 is 0 Å². The van der Waals surface area contributed by atoms with Gasteiger partial charge in [0.1, 0.15) is 0 Å². The molecular weight excluding hydrogens is 218 g/mol. The molecule has 1 heterocycles. The highest BCUT2D eigenvalue weighted by Crippen LogP contribution is 2.11. The lowest BCUT2D eigenvalue weighted by atomic mass is 10.2. The van der Waals surface area contributed by atoms with Crippen LogP contribution in [-0.2, 0) is 13.6 Å². The second kappa shape index (κ2) is 6.97. The molecular formula is C12H23N3S. The van der Waals surface area contributed by atoms with Gasteiger partial charge in [0.25, 0.3) is 0 Å². The number of nitrogens with zero attached hydrogens (tertiary/aromatic N) is 2. The van der Waals surface area contributed by atoms with E-state index in [0.29, 0.717) is 0 Å². The van der Waals surface area contributed by atoms with Gasteiger partial charge in [0.15, 0.2) is 0 Å². The summed E-state index contributed by atoms with van der Waals surface area (Å²) in [7, 11) is 2.00. The van der Waals surface area contributed by atoms with Gasteiger partial charge in [-0.15, -0.1) is 0 Å². The number of thioether (sulfide) groups is 1. The van der Waals surface area contributed by atoms with Crippen molar-refractivity contribution in [3.8, 4) is 0 Å². The summed E-state index contributed by atoms with van der Waals surface area (Å²) in [4.78, 5) is 0. The first-order chi connectivity index (χ1) is 7.66. The summed E-state index contributed by atoms with van der Waals surface area (Å²) in [5.41, 5.74) is 3.78. The summed E-state index contributed by atoms with van der Waals surface area (Å²) in [6.45, 7) is 6.27. The van der Waals surface area contributed by atoms with Crippen LogP contribution >= 0.6 is 11.8 Å². The van der Waals surface area contributed by atoms with Crippen molar-refractivity contribution < 1.29 is 0 Å². The van der Waals surface area contributed by atoms with Crippen LogP contribution in [0, 0.1) is 13.8 Å². The van der Waals surface area contributed by atoms with E-state index in [1.807, 2.05) is 23.5 Å². The fourth-order valence-corrected chi connectivity index (χ4v) is 2.28. The predicted octanol–water partition coefficient (Wildman–Crippen LogP) is 2.27. The van der Waals surface area contributed by atoms with Crippen LogP contribution in [0.2, 0.25) is 0 Å². The van der Waals surface area contributed by atoms with Crippen molar-refractivity contribution in [2.24, 2.45) is 7.05 Å². The van der Waals surface area contributed by atoms with Crippen LogP contribution in [0.5, 0.6) is 0 Å². The molecule has 0 fully saturated rings. The first-order valence-electron chi connectivity index (χ1n) is 5.85. The largest absolute Gasteiger partial charge is 0.313 e. The normalized spacial score (nSPS) is 11.0. The lowest BCUT2D eigenvalue weighted by Crippen LogP contribution is -2.15. The lowest BCUT2D eigenvalue weighted by Gasteiger charge is -2.05. The minimum Gasteiger partial charge on any atom is -0.313 e. The summed E-state index contributed by atoms with van der Waals surface area (Å²) in [6.07, 6.45) is 4.73. The third-order valence-corrected chi connectivity index (χ3v) is 3.61. The number of hydrogen-bond donors (Lipinski definition) is 1. The van der Waals surface area contributed by atoms with Crippen molar-refractivity contribution >= 4 is 11.8 Å². The summed E-state index contributed by atoms with van der Waals surface area (Å²) >= 11 is 1.92. The van der Waals surface area contributed by atoms with Gasteiger partial charge in [-0.3, -0.25) is 4.68 Å². The molecule has 0 aliphatic rings. The van der Waals surface area contributed by atoms with Gasteiger partial charge in [0.2, 0.25) is 0 Å². The van der Waals surface area contributed by atoms with E-state index in [2.05, 4.69) is 30.5 Å². The molecule has 0 radical (unpaired) electrons. The van der Waals surface area contributed by atoms with Crippen LogP contribution in [-0.4, -0.2) is 28.3 Å². The molecule has 1 aromatic rings. The zero-order chi connectivity index (χ0) is 12.0. The highest BCUT2D eigenvalue weighted by Gasteiger charge is 2.07. The molecule has 0 saturated heterocycles. The van der Waals surface area contributed by atoms with Crippen molar-refractivity contribution in [2.75, 3.05) is 18.6 Å². The molecule has 0 aliphatic heterocycles. The topological polar surface area (TPSA) is 29.9 Å². The molecule has 0 bridgehead atoms. The van der Waals surface area contributed by atoms with E-state index in [4.69, 9.17) is 0 Å². The maximum atomic E-state index is 4.41. The van der Waals surface area contributed by atoms with E-state index in [0.717, 1.165) is 18.8 Å². The summed E-state index contributed by atoms with van der Waals surface area (Å²) in [5, 5.41) is 7.91. The molecule has 92 valence electrons. The zero-order valence-electron chi connectivity index (χ0n) is 10.8. The van der Waals surface area contributed by atoms with Crippen molar-refractivity contribution in [3.63, 3.8) is 0 Å². The molecule has 1 N–H and O–H groups in total. The third-order valence-electron chi connectivity index (χ3n) is 2.91. The van der Waals surface area contributed by atoms with Gasteiger partial charge < -0.3 is 5.32 Å². The summed E-state index contributed by atoms with van der Waals surface area (Å²) in [6, 6.07) is 0. The van der Waals surface area contributed by atoms with Crippen molar-refractivity contribution in [1.29, 1.82) is 0 Å². The van der Waals surface area contributed by atoms with Crippen LogP contribution in [0.3, 0.4) is 0 Å². The zero-order valence-corrected chi connectivity index (χ0v) is 11.7. The van der Waals surface area contributed by atoms with Crippen molar-refractivity contribution in [3.05, 3.63) is 17.0 Å². The Morgan fingerprint density at radius 1 is 1.31 bits per heavy atom. The van der Waals surface area contributed by atoms with Crippen molar-refractivity contribution in [1.82, 2.24) is 15.1 Å². The molecule has 0 spiro atoms. The standard InChI is InChI=1S/C12H23N3S/c1-10-12(11(2)15(3)14-10)9-13-7-5-6-8-16-4/h13H,5-9H2,1-4H3. The van der Waals surface area contributed by atoms with Gasteiger partial charge in [-0.2, -0.15) is 16.9 Å². The summed E-state index contributed by atoms with van der Waals surface area (Å²) in [5.74, 6) is 1.27. The maximum Gasteiger partial charge on any atom is 0.0641 e. The number of hydrogen-bond acceptors (Lipinski definition) is 3. The van der Waals surface area contributed by atoms with Gasteiger partial charge in [-0.05, 0) is 45.2 Å². The quantitative estimate of drug-likeness (QED) is 0.743. The fraction of sp³-hybridized carbons (Fsp3) is 0.750. The second-order valence-corrected chi connectivity index (χ2v) is 5.14. The molecule has 0 aliphatic carbocycles. The van der Waals surface area contributed by atoms with Gasteiger partial charge in [0, 0.05) is 24.8 Å². The average molecular weight is 241 g/mol. The maximum absolute atomic E-state index is 4.41. The number of rotatable bonds is 7. The SMILES string of the molecule is CSCCCCNCc1c(C)nn(C)c1C. The van der Waals surface area contributed by atoms with Gasteiger partial charge in [-0.25, -0.2) is 0 Å². The predicted molar refractivity (Wildman–Crippen MR) is 72.0 cm³/mol. The van der Waals surface area contributed by atoms with E-state index < -0.39 is 0 Å². The Bertz CT molecular complexity index is 320. The number of aryl methyl sites for hydroxylation is 2. The molecule has 0 aromatic carbocycles. The first kappa shape index (κ1) is 13.6. The van der Waals surface area contributed by atoms with E-state index in [9.17, 15) is 0 Å². The molecule has 0 amide bonds. The Hall–Kier alpha value is -0.480. The van der Waals surface area contributed by atoms with Crippen molar-refractivity contribution in [2.45, 2.75) is 33.2 Å². The van der Waals surface area contributed by atoms with E-state index in [1.54, 1.807) is 0 Å². The molecule has 0 saturated carbocycles. The second-order valence-electron chi connectivity index (χ2n) is 4.15. The summed E-state index contributed by atoms with van der Waals surface area (Å²) < 4.78 is 1.96. The average Bonchev–Trinajstić information content (AvgIpc) is 2.49. The molecule has 4 heteroatoms. The Balaban J connectivity index is 2.26. The fourth-order valence-electron chi connectivity index (χ4n) is 1.78. The number of aromatic nitrogens is 2. The molecule has 0 atom stereocenters. The van der Waals surface area contributed by atoms with Crippen LogP contribution < -0.4 is 5.32 Å². The Morgan fingerprint density at radius 2 is 2.06 bits per heavy atom. The van der Waals surface area contributed by atoms with E-state index in [1.165, 1.54) is 29.9 Å². The Labute approximate surface area is 103 Å². The van der Waals surface area contributed by atoms with Gasteiger partial charge in [-0.1, -0.05) is 0 Å². The minimum absolute atomic E-state index is 0.949. The monoisotopic (exact) mass is 241 g/mol. The molecule has 1 aromatic heterocycles. The van der Waals surface area contributed by atoms with Gasteiger partial charge >= 0.3 is 0 Å². The first-order valence-corrected chi connectivity index (χ1v) is 7.25. The lowest BCUT2D eigenvalue weighted by molar-refractivity contribution is 0.639. The number of unbranched alkanes of at least 4 members (excludes halogenated alkanes) is 1. The van der Waals surface area contributed by atoms with Crippen LogP contribution in [0.1, 0.15) is 29.8 Å². The Kier molecular flexibility index (Phi) is 5.91. The smallest absolute Gasteiger partial charge is 0.0641 e. The minimum atomic E-state index is 0.949. The highest BCUT2D eigenvalue weighted by molar-refractivity contribution is 7.98. The molecule has 0 unspecified atom stereocenters.